The third-order valence-corrected chi connectivity index (χ3v) is 5.77. The summed E-state index contributed by atoms with van der Waals surface area (Å²) < 4.78 is 28.9. The van der Waals surface area contributed by atoms with Crippen molar-refractivity contribution >= 4 is 9.84 Å². The van der Waals surface area contributed by atoms with Crippen molar-refractivity contribution in [3.05, 3.63) is 24.3 Å². The van der Waals surface area contributed by atoms with E-state index in [2.05, 4.69) is 0 Å². The van der Waals surface area contributed by atoms with E-state index in [-0.39, 0.29) is 4.90 Å². The van der Waals surface area contributed by atoms with Crippen LogP contribution in [0.1, 0.15) is 20.8 Å². The topological polar surface area (TPSA) is 69.4 Å². The lowest BCUT2D eigenvalue weighted by atomic mass is 10.1. The first-order chi connectivity index (χ1) is 7.73. The van der Waals surface area contributed by atoms with Crippen molar-refractivity contribution < 1.29 is 13.2 Å². The maximum absolute atomic E-state index is 12.4. The van der Waals surface area contributed by atoms with Crippen LogP contribution in [0.25, 0.3) is 0 Å². The largest absolute Gasteiger partial charge is 0.497 e. The van der Waals surface area contributed by atoms with E-state index >= 15 is 0 Å². The number of benzene rings is 1. The molecule has 0 aliphatic heterocycles. The molecule has 0 amide bonds. The Morgan fingerprint density at radius 2 is 1.94 bits per heavy atom. The highest BCUT2D eigenvalue weighted by molar-refractivity contribution is 7.92. The van der Waals surface area contributed by atoms with Gasteiger partial charge in [-0.2, -0.15) is 0 Å². The van der Waals surface area contributed by atoms with E-state index in [0.717, 1.165) is 0 Å². The number of hydrogen-bond acceptors (Lipinski definition) is 4. The molecule has 0 aromatic heterocycles. The molecular weight excluding hydrogens is 238 g/mol. The molecule has 1 aromatic rings. The summed E-state index contributed by atoms with van der Waals surface area (Å²) in [7, 11) is -1.97. The Hall–Kier alpha value is -1.07. The fraction of sp³-hybridized carbons (Fsp3) is 0.500. The summed E-state index contributed by atoms with van der Waals surface area (Å²) in [4.78, 5) is 0.235. The second-order valence-electron chi connectivity index (χ2n) is 4.57. The molecule has 4 nitrogen and oxygen atoms in total. The van der Waals surface area contributed by atoms with Gasteiger partial charge < -0.3 is 10.5 Å². The molecule has 0 aliphatic rings. The van der Waals surface area contributed by atoms with Gasteiger partial charge in [0.05, 0.1) is 16.8 Å². The summed E-state index contributed by atoms with van der Waals surface area (Å²) in [5, 5.41) is 0. The van der Waals surface area contributed by atoms with Crippen LogP contribution in [-0.4, -0.2) is 26.3 Å². The Labute approximate surface area is 103 Å². The Balaban J connectivity index is 3.31. The minimum Gasteiger partial charge on any atom is -0.497 e. The first-order valence-electron chi connectivity index (χ1n) is 5.37. The van der Waals surface area contributed by atoms with Crippen LogP contribution in [0.3, 0.4) is 0 Å². The van der Waals surface area contributed by atoms with Gasteiger partial charge in [0, 0.05) is 6.04 Å². The zero-order valence-electron chi connectivity index (χ0n) is 10.6. The Bertz CT molecular complexity index is 492. The zero-order chi connectivity index (χ0) is 13.3. The van der Waals surface area contributed by atoms with Crippen molar-refractivity contribution in [2.75, 3.05) is 7.11 Å². The third kappa shape index (κ3) is 2.45. The highest BCUT2D eigenvalue weighted by Gasteiger charge is 2.39. The number of nitrogens with two attached hydrogens (primary N) is 1. The molecule has 0 saturated heterocycles. The molecule has 0 spiro atoms. The number of hydrogen-bond donors (Lipinski definition) is 1. The molecule has 1 aromatic carbocycles. The zero-order valence-corrected chi connectivity index (χ0v) is 11.4. The van der Waals surface area contributed by atoms with Crippen molar-refractivity contribution in [2.24, 2.45) is 5.73 Å². The maximum Gasteiger partial charge on any atom is 0.185 e. The summed E-state index contributed by atoms with van der Waals surface area (Å²) in [5.41, 5.74) is 5.75. The van der Waals surface area contributed by atoms with E-state index in [1.807, 2.05) is 0 Å². The Kier molecular flexibility index (Phi) is 3.84. The van der Waals surface area contributed by atoms with Crippen molar-refractivity contribution in [3.63, 3.8) is 0 Å². The minimum absolute atomic E-state index is 0.235. The molecule has 17 heavy (non-hydrogen) atoms. The first-order valence-corrected chi connectivity index (χ1v) is 6.86. The standard InChI is InChI=1S/C12H19NO3S/c1-9(13)12(2,3)17(14,15)11-7-5-6-10(8-11)16-4/h5-9H,13H2,1-4H3. The monoisotopic (exact) mass is 257 g/mol. The number of ether oxygens (including phenoxy) is 1. The summed E-state index contributed by atoms with van der Waals surface area (Å²) in [6.07, 6.45) is 0. The van der Waals surface area contributed by atoms with Crippen LogP contribution in [0, 0.1) is 0 Å². The normalized spacial score (nSPS) is 14.4. The molecule has 0 aliphatic carbocycles. The molecule has 5 heteroatoms. The van der Waals surface area contributed by atoms with Crippen molar-refractivity contribution in [1.29, 1.82) is 0 Å². The fourth-order valence-electron chi connectivity index (χ4n) is 1.32. The van der Waals surface area contributed by atoms with Crippen LogP contribution in [0.2, 0.25) is 0 Å². The summed E-state index contributed by atoms with van der Waals surface area (Å²) in [6.45, 7) is 4.96. The highest BCUT2D eigenvalue weighted by atomic mass is 32.2. The Morgan fingerprint density at radius 3 is 2.41 bits per heavy atom. The quantitative estimate of drug-likeness (QED) is 0.889. The molecule has 1 unspecified atom stereocenters. The molecule has 0 radical (unpaired) electrons. The third-order valence-electron chi connectivity index (χ3n) is 3.14. The molecule has 1 rings (SSSR count). The molecule has 2 N–H and O–H groups in total. The van der Waals surface area contributed by atoms with E-state index in [9.17, 15) is 8.42 Å². The van der Waals surface area contributed by atoms with Crippen LogP contribution in [-0.2, 0) is 9.84 Å². The van der Waals surface area contributed by atoms with E-state index in [1.54, 1.807) is 39.0 Å². The van der Waals surface area contributed by atoms with Crippen LogP contribution in [0.4, 0.5) is 0 Å². The van der Waals surface area contributed by atoms with Crippen LogP contribution in [0.5, 0.6) is 5.75 Å². The SMILES string of the molecule is COc1cccc(S(=O)(=O)C(C)(C)C(C)N)c1. The smallest absolute Gasteiger partial charge is 0.185 e. The van der Waals surface area contributed by atoms with Crippen molar-refractivity contribution in [2.45, 2.75) is 36.5 Å². The lowest BCUT2D eigenvalue weighted by Gasteiger charge is -2.28. The molecule has 0 heterocycles. The van der Waals surface area contributed by atoms with Gasteiger partial charge in [-0.15, -0.1) is 0 Å². The van der Waals surface area contributed by atoms with Gasteiger partial charge >= 0.3 is 0 Å². The Morgan fingerprint density at radius 1 is 1.35 bits per heavy atom. The predicted molar refractivity (Wildman–Crippen MR) is 67.9 cm³/mol. The van der Waals surface area contributed by atoms with Gasteiger partial charge in [-0.1, -0.05) is 6.07 Å². The second kappa shape index (κ2) is 4.66. The van der Waals surface area contributed by atoms with E-state index < -0.39 is 20.6 Å². The van der Waals surface area contributed by atoms with E-state index in [0.29, 0.717) is 5.75 Å². The maximum atomic E-state index is 12.4. The van der Waals surface area contributed by atoms with Crippen molar-refractivity contribution in [1.82, 2.24) is 0 Å². The van der Waals surface area contributed by atoms with Gasteiger partial charge in [0.1, 0.15) is 5.75 Å². The second-order valence-corrected chi connectivity index (χ2v) is 7.11. The summed E-state index contributed by atoms with van der Waals surface area (Å²) in [6, 6.07) is 5.97. The van der Waals surface area contributed by atoms with E-state index in [4.69, 9.17) is 10.5 Å². The summed E-state index contributed by atoms with van der Waals surface area (Å²) in [5.74, 6) is 0.520. The fourth-order valence-corrected chi connectivity index (χ4v) is 2.94. The van der Waals surface area contributed by atoms with Gasteiger partial charge in [0.25, 0.3) is 0 Å². The van der Waals surface area contributed by atoms with Gasteiger partial charge in [0.15, 0.2) is 9.84 Å². The lowest BCUT2D eigenvalue weighted by Crippen LogP contribution is -2.47. The van der Waals surface area contributed by atoms with Gasteiger partial charge in [-0.3, -0.25) is 0 Å². The van der Waals surface area contributed by atoms with Crippen LogP contribution >= 0.6 is 0 Å². The molecule has 0 saturated carbocycles. The average molecular weight is 257 g/mol. The lowest BCUT2D eigenvalue weighted by molar-refractivity contribution is 0.413. The molecule has 0 bridgehead atoms. The molecule has 96 valence electrons. The first kappa shape index (κ1) is 14.0. The predicted octanol–water partition coefficient (Wildman–Crippen LogP) is 1.59. The van der Waals surface area contributed by atoms with Crippen LogP contribution < -0.4 is 10.5 Å². The molecular formula is C12H19NO3S. The average Bonchev–Trinajstić information content (AvgIpc) is 2.28. The highest BCUT2D eigenvalue weighted by Crippen LogP contribution is 2.29. The number of sulfone groups is 1. The van der Waals surface area contributed by atoms with Gasteiger partial charge in [-0.05, 0) is 39.0 Å². The van der Waals surface area contributed by atoms with Gasteiger partial charge in [-0.25, -0.2) is 8.42 Å². The van der Waals surface area contributed by atoms with E-state index in [1.165, 1.54) is 13.2 Å². The molecule has 1 atom stereocenters. The molecule has 0 fully saturated rings. The number of methoxy groups -OCH3 is 1. The minimum atomic E-state index is -3.48. The van der Waals surface area contributed by atoms with Gasteiger partial charge in [0.2, 0.25) is 0 Å². The van der Waals surface area contributed by atoms with Crippen LogP contribution in [0.15, 0.2) is 29.2 Å². The number of rotatable bonds is 4. The summed E-state index contributed by atoms with van der Waals surface area (Å²) >= 11 is 0. The van der Waals surface area contributed by atoms with Crippen molar-refractivity contribution in [3.8, 4) is 5.75 Å².